The number of anilines is 1. The molecule has 5 N–H and O–H groups in total. The molecule has 6 aromatic rings. The van der Waals surface area contributed by atoms with Crippen molar-refractivity contribution in [2.24, 2.45) is 11.8 Å². The number of carbonyl (C=O) groups excluding carboxylic acids is 2. The number of alkyl halides is 3. The number of benzene rings is 4. The third kappa shape index (κ3) is 12.7. The number of carboxylic acid groups (broad SMARTS) is 2. The first-order valence-corrected chi connectivity index (χ1v) is 26.2. The lowest BCUT2D eigenvalue weighted by atomic mass is 9.84. The molecule has 2 atom stereocenters. The number of amides is 3. The van der Waals surface area contributed by atoms with E-state index in [1.807, 2.05) is 29.2 Å². The number of rotatable bonds is 12. The van der Waals surface area contributed by atoms with Crippen LogP contribution in [0.4, 0.5) is 33.7 Å². The summed E-state index contributed by atoms with van der Waals surface area (Å²) in [5.74, 6) is -2.59. The summed E-state index contributed by atoms with van der Waals surface area (Å²) in [7, 11) is 0. The summed E-state index contributed by atoms with van der Waals surface area (Å²) in [6.07, 6.45) is 8.18. The number of halogens is 4. The van der Waals surface area contributed by atoms with E-state index in [-0.39, 0.29) is 42.2 Å². The zero-order valence-corrected chi connectivity index (χ0v) is 42.3. The second-order valence-corrected chi connectivity index (χ2v) is 20.6. The molecule has 16 nitrogen and oxygen atoms in total. The Morgan fingerprint density at radius 3 is 1.57 bits per heavy atom. The van der Waals surface area contributed by atoms with Gasteiger partial charge in [-0.15, -0.1) is 0 Å². The average molecular weight is 1060 g/mol. The summed E-state index contributed by atoms with van der Waals surface area (Å²) in [6.45, 7) is 4.41. The van der Waals surface area contributed by atoms with Crippen LogP contribution < -0.4 is 5.32 Å². The predicted octanol–water partition coefficient (Wildman–Crippen LogP) is 10.6. The smallest absolute Gasteiger partial charge is 0.419 e. The van der Waals surface area contributed by atoms with E-state index in [9.17, 15) is 57.1 Å². The molecule has 406 valence electrons. The van der Waals surface area contributed by atoms with Gasteiger partial charge in [0.2, 0.25) is 5.91 Å². The third-order valence-corrected chi connectivity index (χ3v) is 16.1. The number of piperidine rings is 4. The van der Waals surface area contributed by atoms with E-state index in [0.29, 0.717) is 81.4 Å². The highest BCUT2D eigenvalue weighted by Crippen LogP contribution is 2.38. The summed E-state index contributed by atoms with van der Waals surface area (Å²) in [5, 5.41) is 35.9. The summed E-state index contributed by atoms with van der Waals surface area (Å²) >= 11 is 0. The van der Waals surface area contributed by atoms with Crippen molar-refractivity contribution in [3.8, 4) is 0 Å². The summed E-state index contributed by atoms with van der Waals surface area (Å²) in [5.41, 5.74) is 3.92. The second-order valence-electron chi connectivity index (χ2n) is 20.6. The number of aromatic amines is 2. The van der Waals surface area contributed by atoms with Gasteiger partial charge in [-0.1, -0.05) is 36.4 Å². The van der Waals surface area contributed by atoms with Gasteiger partial charge >= 0.3 is 24.1 Å². The Labute approximate surface area is 441 Å². The molecule has 6 heterocycles. The quantitative estimate of drug-likeness (QED) is 0.0339. The van der Waals surface area contributed by atoms with E-state index in [2.05, 4.69) is 56.8 Å². The molecular formula is C57H62F4N8O8. The normalized spacial score (nSPS) is 18.8. The zero-order chi connectivity index (χ0) is 54.4. The maximum atomic E-state index is 13.6. The van der Waals surface area contributed by atoms with Crippen LogP contribution in [0.15, 0.2) is 109 Å². The van der Waals surface area contributed by atoms with Gasteiger partial charge in [0.25, 0.3) is 5.69 Å². The van der Waals surface area contributed by atoms with Crippen LogP contribution in [0.3, 0.4) is 0 Å². The number of para-hydroxylation sites is 2. The Balaban J connectivity index is 0.000000188. The van der Waals surface area contributed by atoms with Crippen molar-refractivity contribution in [1.82, 2.24) is 29.6 Å². The zero-order valence-electron chi connectivity index (χ0n) is 42.3. The fraction of sp³-hybridized carbons (Fsp3) is 0.404. The largest absolute Gasteiger partial charge is 0.480 e. The Morgan fingerprint density at radius 1 is 0.649 bits per heavy atom. The van der Waals surface area contributed by atoms with Gasteiger partial charge in [-0.25, -0.2) is 9.18 Å². The molecule has 0 saturated carbocycles. The van der Waals surface area contributed by atoms with Crippen molar-refractivity contribution in [2.45, 2.75) is 81.5 Å². The highest BCUT2D eigenvalue weighted by atomic mass is 19.4. The predicted molar refractivity (Wildman–Crippen MR) is 283 cm³/mol. The van der Waals surface area contributed by atoms with Gasteiger partial charge in [-0.05, 0) is 166 Å². The van der Waals surface area contributed by atoms with Crippen LogP contribution in [0, 0.1) is 27.8 Å². The van der Waals surface area contributed by atoms with Crippen LogP contribution in [0.1, 0.15) is 85.5 Å². The van der Waals surface area contributed by atoms with E-state index in [1.165, 1.54) is 45.0 Å². The first-order valence-electron chi connectivity index (χ1n) is 26.2. The minimum absolute atomic E-state index is 0.000147. The number of urea groups is 1. The van der Waals surface area contributed by atoms with Gasteiger partial charge in [0.15, 0.2) is 0 Å². The van der Waals surface area contributed by atoms with Crippen molar-refractivity contribution >= 4 is 63.1 Å². The third-order valence-electron chi connectivity index (χ3n) is 16.1. The summed E-state index contributed by atoms with van der Waals surface area (Å²) < 4.78 is 52.5. The lowest BCUT2D eigenvalue weighted by molar-refractivity contribution is -0.384. The first kappa shape index (κ1) is 54.2. The molecular weight excluding hydrogens is 1000 g/mol. The highest BCUT2D eigenvalue weighted by Gasteiger charge is 2.41. The van der Waals surface area contributed by atoms with E-state index >= 15 is 0 Å². The van der Waals surface area contributed by atoms with Gasteiger partial charge in [-0.2, -0.15) is 13.2 Å². The van der Waals surface area contributed by atoms with Crippen molar-refractivity contribution in [2.75, 3.05) is 57.7 Å². The monoisotopic (exact) mass is 1060 g/mol. The number of nitro groups is 1. The van der Waals surface area contributed by atoms with Crippen molar-refractivity contribution in [1.29, 1.82) is 0 Å². The highest BCUT2D eigenvalue weighted by molar-refractivity contribution is 5.92. The Kier molecular flexibility index (Phi) is 16.7. The Hall–Kier alpha value is -7.58. The number of hydrogen-bond donors (Lipinski definition) is 5. The van der Waals surface area contributed by atoms with Crippen molar-refractivity contribution < 1.29 is 51.9 Å². The molecule has 4 fully saturated rings. The van der Waals surface area contributed by atoms with E-state index in [1.54, 1.807) is 23.1 Å². The van der Waals surface area contributed by atoms with Crippen LogP contribution in [0.2, 0.25) is 0 Å². The fourth-order valence-electron chi connectivity index (χ4n) is 12.0. The number of hydrogen-bond acceptors (Lipinski definition) is 8. The molecule has 4 aromatic carbocycles. The van der Waals surface area contributed by atoms with E-state index in [0.717, 1.165) is 55.9 Å². The number of carbonyl (C=O) groups is 4. The van der Waals surface area contributed by atoms with Gasteiger partial charge in [0, 0.05) is 84.3 Å². The molecule has 4 saturated heterocycles. The number of carboxylic acids is 2. The number of fused-ring (bicyclic) bond motifs is 2. The molecule has 0 radical (unpaired) electrons. The number of aromatic nitrogens is 2. The molecule has 3 amide bonds. The summed E-state index contributed by atoms with van der Waals surface area (Å²) in [4.78, 5) is 74.4. The van der Waals surface area contributed by atoms with E-state index < -0.39 is 52.5 Å². The number of nitrogens with one attached hydrogen (secondary N) is 3. The van der Waals surface area contributed by atoms with Gasteiger partial charge in [-0.3, -0.25) is 34.3 Å². The lowest BCUT2D eigenvalue weighted by Crippen LogP contribution is -2.52. The number of nitrogens with zero attached hydrogens (tertiary/aromatic N) is 5. The number of likely N-dealkylation sites (tertiary alicyclic amines) is 4. The second kappa shape index (κ2) is 23.8. The number of aliphatic carboxylic acids is 2. The van der Waals surface area contributed by atoms with Crippen LogP contribution in [0.25, 0.3) is 27.9 Å². The fourth-order valence-corrected chi connectivity index (χ4v) is 12.0. The van der Waals surface area contributed by atoms with Gasteiger partial charge < -0.3 is 35.3 Å². The van der Waals surface area contributed by atoms with Crippen LogP contribution in [0.5, 0.6) is 0 Å². The maximum absolute atomic E-state index is 13.6. The van der Waals surface area contributed by atoms with E-state index in [4.69, 9.17) is 0 Å². The molecule has 10 rings (SSSR count). The van der Waals surface area contributed by atoms with Crippen LogP contribution in [-0.2, 0) is 20.6 Å². The Bertz CT molecular complexity index is 3090. The minimum Gasteiger partial charge on any atom is -0.480 e. The molecule has 4 aliphatic heterocycles. The standard InChI is InChI=1S/C29H32N4O5.C28H30F4N4O3/c34-27(10-7-20-5-8-23(9-6-20)33(37)38)31-15-13-22(14-16-31)28(29(35)36)32-17-11-21(12-18-32)25-19-30-26-4-2-1-3-24(25)26;29-23-6-5-19(15-22(23)28(30,31)32)34-27(39)36-13-9-18(10-14-36)25(26(37)38)35-11-7-17(8-12-35)21-16-33-24-4-2-1-3-20(21)24/h1-10,19,21-22,28,30H,11-18H2,(H,35,36);1-6,15-18,25,33H,7-14H2,(H,34,39)(H,37,38)/b10-7+;. The Morgan fingerprint density at radius 2 is 1.12 bits per heavy atom. The maximum Gasteiger partial charge on any atom is 0.419 e. The number of non-ortho nitro benzene ring substituents is 1. The topological polar surface area (TPSA) is 208 Å². The van der Waals surface area contributed by atoms with Crippen molar-refractivity contribution in [3.05, 3.63) is 148 Å². The molecule has 0 spiro atoms. The molecule has 2 aromatic heterocycles. The average Bonchev–Trinajstić information content (AvgIpc) is 4.07. The first-order chi connectivity index (χ1) is 37.0. The SMILES string of the molecule is O=C(O)C(C1CCN(C(=O)/C=C/c2ccc([N+](=O)[O-])cc2)CC1)N1CCC(c2c[nH]c3ccccc23)CC1.O=C(O)C(C1CCN(C(=O)Nc2ccc(F)c(C(F)(F)F)c2)CC1)N1CCC(c2c[nH]c3ccccc23)CC1. The molecule has 2 unspecified atom stereocenters. The molecule has 20 heteroatoms. The lowest BCUT2D eigenvalue weighted by Gasteiger charge is -2.41. The van der Waals surface area contributed by atoms with Crippen molar-refractivity contribution in [3.63, 3.8) is 0 Å². The van der Waals surface area contributed by atoms with Crippen LogP contribution >= 0.6 is 0 Å². The minimum atomic E-state index is -4.88. The molecule has 77 heavy (non-hydrogen) atoms. The van der Waals surface area contributed by atoms with Gasteiger partial charge in [0.05, 0.1) is 10.5 Å². The van der Waals surface area contributed by atoms with Crippen LogP contribution in [-0.4, -0.2) is 133 Å². The van der Waals surface area contributed by atoms with Gasteiger partial charge in [0.1, 0.15) is 17.9 Å². The molecule has 4 aliphatic rings. The number of nitro benzene ring substituents is 1. The molecule has 0 bridgehead atoms. The number of H-pyrrole nitrogens is 2. The summed E-state index contributed by atoms with van der Waals surface area (Å²) in [6, 6.07) is 23.0. The molecule has 0 aliphatic carbocycles.